The van der Waals surface area contributed by atoms with E-state index in [0.29, 0.717) is 27.6 Å². The van der Waals surface area contributed by atoms with E-state index in [1.165, 1.54) is 26.2 Å². The van der Waals surface area contributed by atoms with E-state index in [9.17, 15) is 14.7 Å². The maximum absolute atomic E-state index is 12.6. The number of benzene rings is 2. The molecular formula is C20H18ClNO5. The summed E-state index contributed by atoms with van der Waals surface area (Å²) in [7, 11) is 4.53. The molecule has 0 spiro atoms. The Hall–Kier alpha value is -2.99. The molecule has 1 N–H and O–H groups in total. The van der Waals surface area contributed by atoms with Crippen molar-refractivity contribution in [2.24, 2.45) is 0 Å². The third-order valence-electron chi connectivity index (χ3n) is 4.52. The van der Waals surface area contributed by atoms with Gasteiger partial charge in [0.1, 0.15) is 5.76 Å². The lowest BCUT2D eigenvalue weighted by Crippen LogP contribution is -2.24. The number of likely N-dealkylation sites (N-methyl/N-ethyl adjacent to an activating group) is 1. The maximum atomic E-state index is 12.6. The van der Waals surface area contributed by atoms with E-state index in [2.05, 4.69) is 0 Å². The van der Waals surface area contributed by atoms with Gasteiger partial charge < -0.3 is 19.5 Å². The Morgan fingerprint density at radius 3 is 2.26 bits per heavy atom. The average Bonchev–Trinajstić information content (AvgIpc) is 2.91. The van der Waals surface area contributed by atoms with Crippen LogP contribution in [0, 0.1) is 0 Å². The summed E-state index contributed by atoms with van der Waals surface area (Å²) in [4.78, 5) is 26.2. The summed E-state index contributed by atoms with van der Waals surface area (Å²) in [5, 5.41) is 11.3. The zero-order valence-electron chi connectivity index (χ0n) is 15.0. The maximum Gasteiger partial charge on any atom is 0.295 e. The summed E-state index contributed by atoms with van der Waals surface area (Å²) < 4.78 is 10.5. The molecule has 0 aromatic heterocycles. The van der Waals surface area contributed by atoms with Crippen LogP contribution in [-0.2, 0) is 9.59 Å². The number of ether oxygens (including phenoxy) is 2. The van der Waals surface area contributed by atoms with Gasteiger partial charge in [0.2, 0.25) is 0 Å². The Morgan fingerprint density at radius 1 is 1.04 bits per heavy atom. The predicted octanol–water partition coefficient (Wildman–Crippen LogP) is 3.41. The summed E-state index contributed by atoms with van der Waals surface area (Å²) in [6.45, 7) is 0. The molecule has 0 radical (unpaired) electrons. The number of rotatable bonds is 4. The number of hydrogen-bond donors (Lipinski definition) is 1. The largest absolute Gasteiger partial charge is 0.507 e. The third-order valence-corrected chi connectivity index (χ3v) is 4.77. The molecular weight excluding hydrogens is 370 g/mol. The zero-order valence-corrected chi connectivity index (χ0v) is 15.8. The molecule has 1 amide bonds. The van der Waals surface area contributed by atoms with E-state index in [1.807, 2.05) is 0 Å². The molecule has 2 aromatic rings. The van der Waals surface area contributed by atoms with Crippen molar-refractivity contribution in [3.63, 3.8) is 0 Å². The number of halogens is 1. The van der Waals surface area contributed by atoms with Crippen LogP contribution in [0.25, 0.3) is 5.76 Å². The third kappa shape index (κ3) is 3.24. The molecule has 2 aromatic carbocycles. The molecule has 1 aliphatic rings. The molecule has 140 valence electrons. The summed E-state index contributed by atoms with van der Waals surface area (Å²) in [5.41, 5.74) is 1.03. The minimum absolute atomic E-state index is 0.0112. The second-order valence-electron chi connectivity index (χ2n) is 6.03. The number of methoxy groups -OCH3 is 2. The molecule has 1 heterocycles. The topological polar surface area (TPSA) is 76.1 Å². The molecule has 1 aliphatic heterocycles. The highest BCUT2D eigenvalue weighted by Crippen LogP contribution is 2.41. The van der Waals surface area contributed by atoms with Crippen molar-refractivity contribution in [2.45, 2.75) is 6.04 Å². The van der Waals surface area contributed by atoms with Crippen LogP contribution in [0.4, 0.5) is 0 Å². The van der Waals surface area contributed by atoms with Gasteiger partial charge in [-0.15, -0.1) is 0 Å². The fraction of sp³-hybridized carbons (Fsp3) is 0.200. The van der Waals surface area contributed by atoms with Gasteiger partial charge in [-0.1, -0.05) is 17.7 Å². The number of carbonyl (C=O) groups is 2. The van der Waals surface area contributed by atoms with Gasteiger partial charge in [-0.2, -0.15) is 0 Å². The fourth-order valence-electron chi connectivity index (χ4n) is 3.12. The molecule has 27 heavy (non-hydrogen) atoms. The van der Waals surface area contributed by atoms with E-state index < -0.39 is 17.7 Å². The Bertz CT molecular complexity index is 936. The van der Waals surface area contributed by atoms with Gasteiger partial charge in [-0.3, -0.25) is 9.59 Å². The molecule has 3 rings (SSSR count). The first-order valence-corrected chi connectivity index (χ1v) is 8.49. The van der Waals surface area contributed by atoms with Crippen molar-refractivity contribution in [3.05, 3.63) is 64.2 Å². The molecule has 1 fully saturated rings. The number of ketones is 1. The number of hydrogen-bond acceptors (Lipinski definition) is 5. The number of nitrogens with zero attached hydrogens (tertiary/aromatic N) is 1. The van der Waals surface area contributed by atoms with Crippen LogP contribution in [-0.4, -0.2) is 43.0 Å². The van der Waals surface area contributed by atoms with Crippen LogP contribution in [0.1, 0.15) is 17.2 Å². The van der Waals surface area contributed by atoms with Crippen LogP contribution in [0.3, 0.4) is 0 Å². The zero-order chi connectivity index (χ0) is 19.7. The van der Waals surface area contributed by atoms with E-state index in [1.54, 1.807) is 42.5 Å². The molecule has 1 unspecified atom stereocenters. The van der Waals surface area contributed by atoms with Gasteiger partial charge in [-0.25, -0.2) is 0 Å². The Balaban J connectivity index is 2.17. The molecule has 0 saturated carbocycles. The summed E-state index contributed by atoms with van der Waals surface area (Å²) >= 11 is 5.88. The van der Waals surface area contributed by atoms with Crippen molar-refractivity contribution < 1.29 is 24.2 Å². The lowest BCUT2D eigenvalue weighted by Gasteiger charge is -2.22. The Labute approximate surface area is 161 Å². The molecule has 1 atom stereocenters. The van der Waals surface area contributed by atoms with Gasteiger partial charge in [0.05, 0.1) is 25.8 Å². The first-order chi connectivity index (χ1) is 12.9. The first-order valence-electron chi connectivity index (χ1n) is 8.11. The van der Waals surface area contributed by atoms with Crippen molar-refractivity contribution in [2.75, 3.05) is 21.3 Å². The fourth-order valence-corrected chi connectivity index (χ4v) is 3.25. The highest BCUT2D eigenvalue weighted by atomic mass is 35.5. The van der Waals surface area contributed by atoms with Gasteiger partial charge in [0.25, 0.3) is 11.7 Å². The number of aliphatic hydroxyl groups is 1. The van der Waals surface area contributed by atoms with Crippen LogP contribution < -0.4 is 9.47 Å². The molecule has 7 heteroatoms. The number of likely N-dealkylation sites (tertiary alicyclic amines) is 1. The number of aliphatic hydroxyl groups excluding tert-OH is 1. The standard InChI is InChI=1S/C20H18ClNO5/c1-22-17(12-6-9-14(26-2)15(10-12)27-3)16(19(24)20(22)25)18(23)11-4-7-13(21)8-5-11/h4-10,17,23H,1-3H3/b18-16+. The van der Waals surface area contributed by atoms with Crippen molar-refractivity contribution in [1.82, 2.24) is 4.90 Å². The Morgan fingerprint density at radius 2 is 1.67 bits per heavy atom. The molecule has 1 saturated heterocycles. The highest BCUT2D eigenvalue weighted by molar-refractivity contribution is 6.46. The predicted molar refractivity (Wildman–Crippen MR) is 101 cm³/mol. The lowest BCUT2D eigenvalue weighted by atomic mass is 9.95. The smallest absolute Gasteiger partial charge is 0.295 e. The molecule has 0 aliphatic carbocycles. The minimum atomic E-state index is -0.750. The van der Waals surface area contributed by atoms with Crippen LogP contribution in [0.5, 0.6) is 11.5 Å². The summed E-state index contributed by atoms with van der Waals surface area (Å²) in [6, 6.07) is 10.7. The van der Waals surface area contributed by atoms with E-state index >= 15 is 0 Å². The van der Waals surface area contributed by atoms with Crippen molar-refractivity contribution in [1.29, 1.82) is 0 Å². The van der Waals surface area contributed by atoms with Gasteiger partial charge in [0.15, 0.2) is 11.5 Å². The van der Waals surface area contributed by atoms with Crippen LogP contribution >= 0.6 is 11.6 Å². The molecule has 6 nitrogen and oxygen atoms in total. The van der Waals surface area contributed by atoms with Gasteiger partial charge in [0, 0.05) is 17.6 Å². The second-order valence-corrected chi connectivity index (χ2v) is 6.47. The number of carbonyl (C=O) groups excluding carboxylic acids is 2. The number of amides is 1. The van der Waals surface area contributed by atoms with E-state index in [-0.39, 0.29) is 11.3 Å². The summed E-state index contributed by atoms with van der Waals surface area (Å²) in [6.07, 6.45) is 0. The Kier molecular flexibility index (Phi) is 5.10. The van der Waals surface area contributed by atoms with E-state index in [4.69, 9.17) is 21.1 Å². The van der Waals surface area contributed by atoms with Crippen LogP contribution in [0.15, 0.2) is 48.0 Å². The van der Waals surface area contributed by atoms with Gasteiger partial charge >= 0.3 is 0 Å². The number of Topliss-reactive ketones (excluding diaryl/α,β-unsaturated/α-hetero) is 1. The SMILES string of the molecule is COc1ccc(C2/C(=C(\O)c3ccc(Cl)cc3)C(=O)C(=O)N2C)cc1OC. The molecule has 0 bridgehead atoms. The van der Waals surface area contributed by atoms with E-state index in [0.717, 1.165) is 0 Å². The van der Waals surface area contributed by atoms with Crippen molar-refractivity contribution in [3.8, 4) is 11.5 Å². The monoisotopic (exact) mass is 387 g/mol. The first kappa shape index (κ1) is 18.8. The average molecular weight is 388 g/mol. The van der Waals surface area contributed by atoms with Gasteiger partial charge in [-0.05, 0) is 42.0 Å². The van der Waals surface area contributed by atoms with Crippen molar-refractivity contribution >= 4 is 29.1 Å². The minimum Gasteiger partial charge on any atom is -0.507 e. The van der Waals surface area contributed by atoms with Crippen LogP contribution in [0.2, 0.25) is 5.02 Å². The second kappa shape index (κ2) is 7.32. The summed E-state index contributed by atoms with van der Waals surface area (Å²) in [5.74, 6) is -0.711. The quantitative estimate of drug-likeness (QED) is 0.494. The highest BCUT2D eigenvalue weighted by Gasteiger charge is 2.44. The normalized spacial score (nSPS) is 18.7. The lowest BCUT2D eigenvalue weighted by molar-refractivity contribution is -0.139.